The van der Waals surface area contributed by atoms with Crippen LogP contribution in [0, 0.1) is 5.92 Å². The number of carboxylic acid groups (broad SMARTS) is 1. The first-order valence-electron chi connectivity index (χ1n) is 21.6. The lowest BCUT2D eigenvalue weighted by molar-refractivity contribution is -0.122. The predicted octanol–water partition coefficient (Wildman–Crippen LogP) is 9.01. The predicted molar refractivity (Wildman–Crippen MR) is 240 cm³/mol. The lowest BCUT2D eigenvalue weighted by Crippen LogP contribution is -2.44. The van der Waals surface area contributed by atoms with Gasteiger partial charge in [0.25, 0.3) is 0 Å². The number of rotatable bonds is 15. The summed E-state index contributed by atoms with van der Waals surface area (Å²) in [5, 5.41) is 28.8. The highest BCUT2D eigenvalue weighted by Crippen LogP contribution is 2.41. The highest BCUT2D eigenvalue weighted by molar-refractivity contribution is 6.74. The molecule has 4 aromatic rings. The maximum absolute atomic E-state index is 13.2. The Kier molecular flexibility index (Phi) is 14.4. The largest absolute Gasteiger partial charge is 0.506 e. The summed E-state index contributed by atoms with van der Waals surface area (Å²) in [5.41, 5.74) is 10.9. The number of hydrogen-bond acceptors (Lipinski definition) is 7. The van der Waals surface area contributed by atoms with E-state index in [4.69, 9.17) is 10.2 Å². The van der Waals surface area contributed by atoms with Gasteiger partial charge in [0.05, 0.1) is 17.3 Å². The first-order valence-corrected chi connectivity index (χ1v) is 24.5. The van der Waals surface area contributed by atoms with Crippen LogP contribution in [0.1, 0.15) is 102 Å². The van der Waals surface area contributed by atoms with Gasteiger partial charge in [-0.25, -0.2) is 4.79 Å². The average molecular weight is 824 g/mol. The van der Waals surface area contributed by atoms with Crippen molar-refractivity contribution in [3.05, 3.63) is 94.3 Å². The van der Waals surface area contributed by atoms with Crippen LogP contribution in [-0.4, -0.2) is 66.7 Å². The van der Waals surface area contributed by atoms with Gasteiger partial charge in [-0.2, -0.15) is 0 Å². The number of aromatic nitrogens is 1. The summed E-state index contributed by atoms with van der Waals surface area (Å²) in [7, 11) is -2.18. The molecule has 318 valence electrons. The Morgan fingerprint density at radius 3 is 2.34 bits per heavy atom. The first-order chi connectivity index (χ1) is 28.1. The summed E-state index contributed by atoms with van der Waals surface area (Å²) in [6.07, 6.45) is 7.52. The third kappa shape index (κ3) is 11.2. The smallest absolute Gasteiger partial charge is 0.412 e. The van der Waals surface area contributed by atoms with Gasteiger partial charge >= 0.3 is 6.09 Å². The van der Waals surface area contributed by atoms with Gasteiger partial charge in [0.1, 0.15) is 5.75 Å². The number of pyridine rings is 1. The molecule has 2 fully saturated rings. The molecule has 59 heavy (non-hydrogen) atoms. The van der Waals surface area contributed by atoms with Crippen LogP contribution in [-0.2, 0) is 15.6 Å². The van der Waals surface area contributed by atoms with Crippen molar-refractivity contribution < 1.29 is 24.2 Å². The van der Waals surface area contributed by atoms with Gasteiger partial charge in [0, 0.05) is 48.1 Å². The number of carbonyl (C=O) groups is 2. The molecule has 12 heteroatoms. The molecule has 0 saturated heterocycles. The number of H-pyrrole nitrogens is 1. The number of benzene rings is 3. The number of amides is 2. The van der Waals surface area contributed by atoms with Crippen molar-refractivity contribution in [3.63, 3.8) is 0 Å². The Labute approximate surface area is 350 Å². The van der Waals surface area contributed by atoms with Crippen LogP contribution in [0.15, 0.2) is 77.6 Å². The molecule has 3 aromatic carbocycles. The Hall–Kier alpha value is -4.49. The molecule has 0 unspecified atom stereocenters. The fourth-order valence-corrected chi connectivity index (χ4v) is 9.85. The number of nitrogens with two attached hydrogens (primary N) is 1. The SMILES string of the molecule is CC(C)(C)[Si](C)(C)O[C@H](CNCC1CCC(NC(=O)CCCc2ccc(-c3ccccc3)c(N(C(=O)O)C3CCC(N)CC3)c2)CC1)c1ccc(O)c2[nH]c(=O)ccc12. The first kappa shape index (κ1) is 44.1. The minimum absolute atomic E-state index is 0.000692. The summed E-state index contributed by atoms with van der Waals surface area (Å²) < 4.78 is 6.98. The van der Waals surface area contributed by atoms with Gasteiger partial charge in [-0.3, -0.25) is 14.5 Å². The number of hydrogen-bond donors (Lipinski definition) is 6. The lowest BCUT2D eigenvalue weighted by Gasteiger charge is -2.40. The standard InChI is InChI=1S/C47H65N5O6Si/c1-47(2,3)59(4,5)58-42(38-24-26-41(53)45-39(38)25-27-44(55)51-45)30-49-29-32-14-19-35(20-15-32)50-43(54)13-9-10-31-16-23-37(33-11-7-6-8-12-33)40(28-31)52(46(56)57)36-21-17-34(48)18-22-36/h6-8,11-12,16,23-28,32,34-36,42,49,53H,9-10,13-15,17-22,29-30,48H2,1-5H3,(H,50,54)(H,51,55)(H,56,57)/t32?,34?,35?,36?,42-/m1/s1. The van der Waals surface area contributed by atoms with Gasteiger partial charge in [0.2, 0.25) is 11.5 Å². The summed E-state index contributed by atoms with van der Waals surface area (Å²) in [4.78, 5) is 42.4. The van der Waals surface area contributed by atoms with Gasteiger partial charge in [0.15, 0.2) is 8.32 Å². The van der Waals surface area contributed by atoms with Crippen LogP contribution in [0.2, 0.25) is 18.1 Å². The highest BCUT2D eigenvalue weighted by Gasteiger charge is 2.40. The third-order valence-electron chi connectivity index (χ3n) is 13.1. The maximum Gasteiger partial charge on any atom is 0.412 e. The van der Waals surface area contributed by atoms with E-state index in [1.54, 1.807) is 17.0 Å². The number of nitrogens with one attached hydrogen (secondary N) is 3. The molecule has 0 radical (unpaired) electrons. The zero-order valence-corrected chi connectivity index (χ0v) is 36.6. The molecule has 1 heterocycles. The van der Waals surface area contributed by atoms with Crippen LogP contribution in [0.3, 0.4) is 0 Å². The molecule has 2 amide bonds. The van der Waals surface area contributed by atoms with Crippen LogP contribution in [0.25, 0.3) is 22.0 Å². The molecular formula is C47H65N5O6Si. The molecule has 7 N–H and O–H groups in total. The Morgan fingerprint density at radius 2 is 1.66 bits per heavy atom. The number of aromatic hydroxyl groups is 1. The minimum Gasteiger partial charge on any atom is -0.506 e. The van der Waals surface area contributed by atoms with E-state index in [1.165, 1.54) is 6.07 Å². The monoisotopic (exact) mass is 823 g/mol. The second-order valence-corrected chi connectivity index (χ2v) is 23.1. The fourth-order valence-electron chi connectivity index (χ4n) is 8.58. The zero-order valence-electron chi connectivity index (χ0n) is 35.6. The summed E-state index contributed by atoms with van der Waals surface area (Å²) in [6.45, 7) is 12.6. The quantitative estimate of drug-likeness (QED) is 0.0646. The van der Waals surface area contributed by atoms with E-state index in [1.807, 2.05) is 48.5 Å². The number of anilines is 1. The zero-order chi connectivity index (χ0) is 42.3. The number of nitrogens with zero attached hydrogens (tertiary/aromatic N) is 1. The molecular weight excluding hydrogens is 759 g/mol. The van der Waals surface area contributed by atoms with Crippen LogP contribution in [0.4, 0.5) is 10.5 Å². The molecule has 1 atom stereocenters. The van der Waals surface area contributed by atoms with E-state index in [0.29, 0.717) is 42.9 Å². The fraction of sp³-hybridized carbons (Fsp3) is 0.511. The van der Waals surface area contributed by atoms with E-state index in [-0.39, 0.29) is 46.5 Å². The second-order valence-electron chi connectivity index (χ2n) is 18.4. The van der Waals surface area contributed by atoms with Crippen molar-refractivity contribution in [3.8, 4) is 16.9 Å². The molecule has 1 aromatic heterocycles. The number of phenols is 1. The number of fused-ring (bicyclic) bond motifs is 1. The van der Waals surface area contributed by atoms with Gasteiger partial charge < -0.3 is 36.0 Å². The van der Waals surface area contributed by atoms with E-state index in [9.17, 15) is 24.6 Å². The molecule has 0 bridgehead atoms. The Bertz CT molecular complexity index is 2100. The maximum atomic E-state index is 13.2. The van der Waals surface area contributed by atoms with E-state index in [0.717, 1.165) is 85.6 Å². The van der Waals surface area contributed by atoms with Crippen molar-refractivity contribution in [2.75, 3.05) is 18.0 Å². The van der Waals surface area contributed by atoms with Crippen molar-refractivity contribution in [2.45, 2.75) is 134 Å². The molecule has 11 nitrogen and oxygen atoms in total. The molecule has 2 aliphatic rings. The number of carbonyl (C=O) groups excluding carboxylic acids is 1. The number of aryl methyl sites for hydroxylation is 1. The van der Waals surface area contributed by atoms with Crippen LogP contribution >= 0.6 is 0 Å². The van der Waals surface area contributed by atoms with Gasteiger partial charge in [-0.15, -0.1) is 0 Å². The Balaban J connectivity index is 1.01. The van der Waals surface area contributed by atoms with Crippen molar-refractivity contribution in [1.82, 2.24) is 15.6 Å². The average Bonchev–Trinajstić information content (AvgIpc) is 3.19. The van der Waals surface area contributed by atoms with E-state index < -0.39 is 14.4 Å². The third-order valence-corrected chi connectivity index (χ3v) is 17.5. The van der Waals surface area contributed by atoms with Crippen LogP contribution in [0.5, 0.6) is 5.75 Å². The Morgan fingerprint density at radius 1 is 0.949 bits per heavy atom. The molecule has 0 spiro atoms. The molecule has 2 saturated carbocycles. The summed E-state index contributed by atoms with van der Waals surface area (Å²) in [6, 6.07) is 23.0. The van der Waals surface area contributed by atoms with Crippen molar-refractivity contribution in [1.29, 1.82) is 0 Å². The second kappa shape index (κ2) is 19.3. The number of phenolic OH excluding ortho intramolecular Hbond substituents is 1. The van der Waals surface area contributed by atoms with E-state index >= 15 is 0 Å². The lowest BCUT2D eigenvalue weighted by atomic mass is 9.86. The van der Waals surface area contributed by atoms with E-state index in [2.05, 4.69) is 55.5 Å². The molecule has 6 rings (SSSR count). The topological polar surface area (TPSA) is 170 Å². The number of aromatic amines is 1. The summed E-state index contributed by atoms with van der Waals surface area (Å²) in [5.74, 6) is 0.581. The summed E-state index contributed by atoms with van der Waals surface area (Å²) >= 11 is 0. The van der Waals surface area contributed by atoms with Gasteiger partial charge in [-0.05, 0) is 130 Å². The molecule has 0 aliphatic heterocycles. The van der Waals surface area contributed by atoms with Crippen molar-refractivity contribution in [2.24, 2.45) is 11.7 Å². The molecule has 2 aliphatic carbocycles. The van der Waals surface area contributed by atoms with Crippen molar-refractivity contribution >= 4 is 36.9 Å². The normalized spacial score (nSPS) is 20.6. The highest BCUT2D eigenvalue weighted by atomic mass is 28.4. The van der Waals surface area contributed by atoms with Crippen LogP contribution < -0.4 is 26.8 Å². The minimum atomic E-state index is -2.18. The van der Waals surface area contributed by atoms with Gasteiger partial charge in [-0.1, -0.05) is 69.3 Å².